The van der Waals surface area contributed by atoms with Gasteiger partial charge in [0, 0.05) is 22.7 Å². The maximum Gasteiger partial charge on any atom is 0.241 e. The molecule has 0 heterocycles. The van der Waals surface area contributed by atoms with E-state index in [9.17, 15) is 9.59 Å². The van der Waals surface area contributed by atoms with E-state index in [1.54, 1.807) is 36.0 Å². The van der Waals surface area contributed by atoms with Crippen LogP contribution in [-0.4, -0.2) is 35.9 Å². The van der Waals surface area contributed by atoms with Crippen molar-refractivity contribution < 1.29 is 9.59 Å². The molecule has 2 rings (SSSR count). The average molecular weight is 356 g/mol. The quantitative estimate of drug-likeness (QED) is 0.600. The average Bonchev–Trinajstić information content (AvgIpc) is 2.61. The van der Waals surface area contributed by atoms with E-state index >= 15 is 0 Å². The lowest BCUT2D eigenvalue weighted by Gasteiger charge is -2.24. The van der Waals surface area contributed by atoms with Gasteiger partial charge in [0.2, 0.25) is 5.91 Å². The highest BCUT2D eigenvalue weighted by Gasteiger charge is 2.18. The fourth-order valence-electron chi connectivity index (χ4n) is 2.42. The van der Waals surface area contributed by atoms with Crippen LogP contribution in [0.15, 0.2) is 53.4 Å². The van der Waals surface area contributed by atoms with Gasteiger partial charge in [-0.3, -0.25) is 14.5 Å². The van der Waals surface area contributed by atoms with E-state index in [4.69, 9.17) is 0 Å². The molecular weight excluding hydrogens is 332 g/mol. The Morgan fingerprint density at radius 1 is 1.16 bits per heavy atom. The van der Waals surface area contributed by atoms with Crippen LogP contribution in [0.25, 0.3) is 0 Å². The van der Waals surface area contributed by atoms with Crippen molar-refractivity contribution in [2.24, 2.45) is 0 Å². The number of hydrogen-bond donors (Lipinski definition) is 1. The van der Waals surface area contributed by atoms with Crippen LogP contribution in [0.4, 0.5) is 5.69 Å². The van der Waals surface area contributed by atoms with Crippen LogP contribution in [0.3, 0.4) is 0 Å². The molecule has 25 heavy (non-hydrogen) atoms. The summed E-state index contributed by atoms with van der Waals surface area (Å²) in [5.74, 6) is -0.112. The molecule has 0 unspecified atom stereocenters. The first-order chi connectivity index (χ1) is 11.9. The van der Waals surface area contributed by atoms with Crippen molar-refractivity contribution in [1.82, 2.24) is 4.90 Å². The molecule has 0 radical (unpaired) electrons. The molecule has 132 valence electrons. The normalized spacial score (nSPS) is 12.0. The van der Waals surface area contributed by atoms with Crippen LogP contribution >= 0.6 is 11.8 Å². The monoisotopic (exact) mass is 356 g/mol. The summed E-state index contributed by atoms with van der Waals surface area (Å²) in [6.45, 7) is 4.08. The Hall–Kier alpha value is -2.11. The molecule has 0 saturated heterocycles. The maximum absolute atomic E-state index is 12.5. The number of amides is 1. The topological polar surface area (TPSA) is 49.4 Å². The summed E-state index contributed by atoms with van der Waals surface area (Å²) in [6.07, 6.45) is 2.05. The third-order valence-corrected chi connectivity index (χ3v) is 4.91. The van der Waals surface area contributed by atoms with Gasteiger partial charge in [0.25, 0.3) is 0 Å². The number of nitrogens with one attached hydrogen (secondary N) is 1. The summed E-state index contributed by atoms with van der Waals surface area (Å²) in [5.41, 5.74) is 2.40. The Bertz CT molecular complexity index is 744. The van der Waals surface area contributed by atoms with Gasteiger partial charge < -0.3 is 5.32 Å². The number of anilines is 1. The molecule has 0 aliphatic carbocycles. The molecule has 1 atom stereocenters. The van der Waals surface area contributed by atoms with Crippen molar-refractivity contribution in [3.8, 4) is 0 Å². The van der Waals surface area contributed by atoms with Crippen molar-refractivity contribution in [2.45, 2.75) is 31.3 Å². The first kappa shape index (κ1) is 19.2. The number of Topliss-reactive ketones (excluding diaryl/α,β-unsaturated/α-hetero) is 1. The summed E-state index contributed by atoms with van der Waals surface area (Å²) in [5, 5.41) is 2.89. The van der Waals surface area contributed by atoms with Crippen molar-refractivity contribution >= 4 is 29.1 Å². The number of likely N-dealkylation sites (N-methyl/N-ethyl adjacent to an activating group) is 1. The van der Waals surface area contributed by atoms with E-state index in [0.29, 0.717) is 17.8 Å². The Balaban J connectivity index is 1.98. The van der Waals surface area contributed by atoms with E-state index in [1.165, 1.54) is 17.4 Å². The van der Waals surface area contributed by atoms with Crippen molar-refractivity contribution in [1.29, 1.82) is 0 Å². The largest absolute Gasteiger partial charge is 0.325 e. The molecule has 0 spiro atoms. The van der Waals surface area contributed by atoms with Crippen LogP contribution in [-0.2, 0) is 11.3 Å². The van der Waals surface area contributed by atoms with E-state index < -0.39 is 0 Å². The van der Waals surface area contributed by atoms with Crippen molar-refractivity contribution in [3.63, 3.8) is 0 Å². The molecule has 0 bridgehead atoms. The Kier molecular flexibility index (Phi) is 6.79. The van der Waals surface area contributed by atoms with Crippen LogP contribution in [0.2, 0.25) is 0 Å². The summed E-state index contributed by atoms with van der Waals surface area (Å²) in [4.78, 5) is 27.2. The summed E-state index contributed by atoms with van der Waals surface area (Å²) < 4.78 is 0. The number of ketones is 1. The fourth-order valence-corrected chi connectivity index (χ4v) is 2.83. The molecule has 5 heteroatoms. The minimum atomic E-state index is -0.291. The second kappa shape index (κ2) is 8.83. The molecule has 0 fully saturated rings. The molecule has 1 N–H and O–H groups in total. The summed E-state index contributed by atoms with van der Waals surface area (Å²) in [7, 11) is 1.93. The van der Waals surface area contributed by atoms with Gasteiger partial charge in [-0.05, 0) is 57.0 Å². The summed E-state index contributed by atoms with van der Waals surface area (Å²) >= 11 is 1.71. The minimum absolute atomic E-state index is 0.0186. The van der Waals surface area contributed by atoms with Crippen LogP contribution in [0.5, 0.6) is 0 Å². The summed E-state index contributed by atoms with van der Waals surface area (Å²) in [6, 6.07) is 15.1. The number of rotatable bonds is 7. The lowest BCUT2D eigenvalue weighted by Crippen LogP contribution is -2.39. The fraction of sp³-hybridized carbons (Fsp3) is 0.300. The van der Waals surface area contributed by atoms with E-state index in [2.05, 4.69) is 35.8 Å². The molecule has 2 aromatic carbocycles. The van der Waals surface area contributed by atoms with Crippen molar-refractivity contribution in [3.05, 3.63) is 59.7 Å². The standard InChI is InChI=1S/C20H24N2O2S/c1-14(22(3)13-16-8-10-19(25-4)11-9-16)20(24)21-18-7-5-6-17(12-18)15(2)23/h5-12,14H,13H2,1-4H3,(H,21,24)/t14-/m0/s1. The smallest absolute Gasteiger partial charge is 0.241 e. The molecule has 2 aromatic rings. The lowest BCUT2D eigenvalue weighted by molar-refractivity contribution is -0.120. The Labute approximate surface area is 153 Å². The molecule has 0 aromatic heterocycles. The number of thioether (sulfide) groups is 1. The van der Waals surface area contributed by atoms with Crippen molar-refractivity contribution in [2.75, 3.05) is 18.6 Å². The van der Waals surface area contributed by atoms with Gasteiger partial charge in [0.1, 0.15) is 0 Å². The molecule has 0 aliphatic heterocycles. The van der Waals surface area contributed by atoms with Crippen LogP contribution < -0.4 is 5.32 Å². The second-order valence-electron chi connectivity index (χ2n) is 6.07. The number of benzene rings is 2. The first-order valence-electron chi connectivity index (χ1n) is 8.15. The van der Waals surface area contributed by atoms with E-state index in [-0.39, 0.29) is 17.7 Å². The predicted molar refractivity (Wildman–Crippen MR) is 104 cm³/mol. The number of carbonyl (C=O) groups is 2. The number of carbonyl (C=O) groups excluding carboxylic acids is 2. The molecule has 1 amide bonds. The lowest BCUT2D eigenvalue weighted by atomic mass is 10.1. The third-order valence-electron chi connectivity index (χ3n) is 4.17. The predicted octanol–water partition coefficient (Wildman–Crippen LogP) is 4.07. The zero-order valence-electron chi connectivity index (χ0n) is 15.1. The van der Waals surface area contributed by atoms with Crippen LogP contribution in [0.1, 0.15) is 29.8 Å². The zero-order valence-corrected chi connectivity index (χ0v) is 15.9. The SMILES string of the molecule is CSc1ccc(CN(C)[C@@H](C)C(=O)Nc2cccc(C(C)=O)c2)cc1. The van der Waals surface area contributed by atoms with Gasteiger partial charge in [0.05, 0.1) is 6.04 Å². The minimum Gasteiger partial charge on any atom is -0.325 e. The van der Waals surface area contributed by atoms with Gasteiger partial charge >= 0.3 is 0 Å². The highest BCUT2D eigenvalue weighted by molar-refractivity contribution is 7.98. The Morgan fingerprint density at radius 3 is 2.44 bits per heavy atom. The second-order valence-corrected chi connectivity index (χ2v) is 6.95. The van der Waals surface area contributed by atoms with Gasteiger partial charge in [0.15, 0.2) is 5.78 Å². The van der Waals surface area contributed by atoms with E-state index in [1.807, 2.05) is 18.9 Å². The maximum atomic E-state index is 12.5. The van der Waals surface area contributed by atoms with E-state index in [0.717, 1.165) is 0 Å². The van der Waals surface area contributed by atoms with Crippen LogP contribution in [0, 0.1) is 0 Å². The highest BCUT2D eigenvalue weighted by Crippen LogP contribution is 2.17. The van der Waals surface area contributed by atoms with Gasteiger partial charge in [-0.2, -0.15) is 0 Å². The molecule has 4 nitrogen and oxygen atoms in total. The molecule has 0 aliphatic rings. The molecular formula is C20H24N2O2S. The highest BCUT2D eigenvalue weighted by atomic mass is 32.2. The number of hydrogen-bond acceptors (Lipinski definition) is 4. The number of nitrogens with zero attached hydrogens (tertiary/aromatic N) is 1. The molecule has 0 saturated carbocycles. The third kappa shape index (κ3) is 5.44. The van der Waals surface area contributed by atoms with Gasteiger partial charge in [-0.25, -0.2) is 0 Å². The first-order valence-corrected chi connectivity index (χ1v) is 9.38. The van der Waals surface area contributed by atoms with Gasteiger partial charge in [-0.1, -0.05) is 24.3 Å². The zero-order chi connectivity index (χ0) is 18.4. The van der Waals surface area contributed by atoms with Gasteiger partial charge in [-0.15, -0.1) is 11.8 Å². The Morgan fingerprint density at radius 2 is 1.84 bits per heavy atom.